The van der Waals surface area contributed by atoms with Gasteiger partial charge in [-0.15, -0.1) is 0 Å². The van der Waals surface area contributed by atoms with Gasteiger partial charge in [-0.25, -0.2) is 8.42 Å². The fourth-order valence-corrected chi connectivity index (χ4v) is 3.23. The standard InChI is InChI=1S/C16H23NO3S/c1-21(18,19)16-4-2-3-15(11-16)20-10-9-17(14-7-8-14)12-13-5-6-13/h2-4,11,13-14H,5-10,12H2,1H3. The van der Waals surface area contributed by atoms with E-state index >= 15 is 0 Å². The van der Waals surface area contributed by atoms with E-state index in [2.05, 4.69) is 4.90 Å². The average Bonchev–Trinajstić information content (AvgIpc) is 3.30. The molecule has 1 aromatic carbocycles. The van der Waals surface area contributed by atoms with E-state index in [4.69, 9.17) is 4.74 Å². The molecule has 4 nitrogen and oxygen atoms in total. The van der Waals surface area contributed by atoms with Crippen LogP contribution in [0, 0.1) is 5.92 Å². The van der Waals surface area contributed by atoms with Crippen LogP contribution in [0.4, 0.5) is 0 Å². The summed E-state index contributed by atoms with van der Waals surface area (Å²) in [5.74, 6) is 1.54. The molecule has 0 atom stereocenters. The number of nitrogens with zero attached hydrogens (tertiary/aromatic N) is 1. The van der Waals surface area contributed by atoms with Crippen LogP contribution >= 0.6 is 0 Å². The molecule has 116 valence electrons. The van der Waals surface area contributed by atoms with Crippen LogP contribution in [-0.2, 0) is 9.84 Å². The highest BCUT2D eigenvalue weighted by Crippen LogP contribution is 2.34. The van der Waals surface area contributed by atoms with Crippen LogP contribution in [0.15, 0.2) is 29.2 Å². The molecule has 0 unspecified atom stereocenters. The highest BCUT2D eigenvalue weighted by Gasteiger charge is 2.33. The molecular weight excluding hydrogens is 286 g/mol. The van der Waals surface area contributed by atoms with Crippen molar-refractivity contribution in [3.05, 3.63) is 24.3 Å². The number of benzene rings is 1. The molecule has 2 aliphatic carbocycles. The van der Waals surface area contributed by atoms with Gasteiger partial charge >= 0.3 is 0 Å². The Kier molecular flexibility index (Phi) is 4.22. The van der Waals surface area contributed by atoms with Gasteiger partial charge in [-0.1, -0.05) is 6.07 Å². The first-order valence-electron chi connectivity index (χ1n) is 7.69. The summed E-state index contributed by atoms with van der Waals surface area (Å²) in [6, 6.07) is 7.52. The minimum absolute atomic E-state index is 0.317. The zero-order chi connectivity index (χ0) is 14.9. The number of rotatable bonds is 8. The van der Waals surface area contributed by atoms with Crippen LogP contribution in [0.25, 0.3) is 0 Å². The molecule has 1 aromatic rings. The van der Waals surface area contributed by atoms with Crippen LogP contribution in [-0.4, -0.2) is 45.3 Å². The summed E-state index contributed by atoms with van der Waals surface area (Å²) in [7, 11) is -3.17. The Hall–Kier alpha value is -1.07. The Labute approximate surface area is 127 Å². The van der Waals surface area contributed by atoms with Crippen LogP contribution in [0.1, 0.15) is 25.7 Å². The van der Waals surface area contributed by atoms with Crippen molar-refractivity contribution in [2.75, 3.05) is 26.0 Å². The second-order valence-electron chi connectivity index (χ2n) is 6.26. The molecule has 0 saturated heterocycles. The average molecular weight is 309 g/mol. The van der Waals surface area contributed by atoms with Crippen molar-refractivity contribution in [3.8, 4) is 5.75 Å². The van der Waals surface area contributed by atoms with Crippen LogP contribution < -0.4 is 4.74 Å². The molecule has 2 fully saturated rings. The topological polar surface area (TPSA) is 46.6 Å². The van der Waals surface area contributed by atoms with E-state index in [0.29, 0.717) is 17.3 Å². The molecule has 0 spiro atoms. The molecule has 3 rings (SSSR count). The van der Waals surface area contributed by atoms with Gasteiger partial charge in [0.1, 0.15) is 12.4 Å². The minimum atomic E-state index is -3.17. The van der Waals surface area contributed by atoms with Crippen LogP contribution in [0.5, 0.6) is 5.75 Å². The van der Waals surface area contributed by atoms with Gasteiger partial charge in [0.2, 0.25) is 0 Å². The zero-order valence-corrected chi connectivity index (χ0v) is 13.3. The summed E-state index contributed by atoms with van der Waals surface area (Å²) in [6.07, 6.45) is 6.60. The first-order chi connectivity index (χ1) is 10.0. The van der Waals surface area contributed by atoms with Gasteiger partial charge in [0.15, 0.2) is 9.84 Å². The van der Waals surface area contributed by atoms with Crippen LogP contribution in [0.2, 0.25) is 0 Å². The fraction of sp³-hybridized carbons (Fsp3) is 0.625. The van der Waals surface area contributed by atoms with E-state index < -0.39 is 9.84 Å². The third kappa shape index (κ3) is 4.45. The summed E-state index contributed by atoms with van der Waals surface area (Å²) in [5, 5.41) is 0. The Bertz CT molecular complexity index is 591. The van der Waals surface area contributed by atoms with E-state index in [1.807, 2.05) is 6.07 Å². The van der Waals surface area contributed by atoms with Gasteiger partial charge in [-0.05, 0) is 49.8 Å². The quantitative estimate of drug-likeness (QED) is 0.739. The van der Waals surface area contributed by atoms with E-state index in [1.165, 1.54) is 38.5 Å². The lowest BCUT2D eigenvalue weighted by atomic mass is 10.3. The Morgan fingerprint density at radius 3 is 2.62 bits per heavy atom. The Balaban J connectivity index is 1.52. The van der Waals surface area contributed by atoms with Crippen molar-refractivity contribution in [2.24, 2.45) is 5.92 Å². The summed E-state index contributed by atoms with van der Waals surface area (Å²) < 4.78 is 28.8. The lowest BCUT2D eigenvalue weighted by Gasteiger charge is -2.21. The largest absolute Gasteiger partial charge is 0.492 e. The molecule has 0 heterocycles. The molecule has 2 aliphatic rings. The molecule has 0 N–H and O–H groups in total. The summed E-state index contributed by atoms with van der Waals surface area (Å²) >= 11 is 0. The molecule has 0 amide bonds. The van der Waals surface area contributed by atoms with Crippen molar-refractivity contribution in [1.82, 2.24) is 4.90 Å². The highest BCUT2D eigenvalue weighted by atomic mass is 32.2. The SMILES string of the molecule is CS(=O)(=O)c1cccc(OCCN(CC2CC2)C2CC2)c1. The predicted octanol–water partition coefficient (Wildman–Crippen LogP) is 2.34. The molecule has 0 radical (unpaired) electrons. The Morgan fingerprint density at radius 1 is 1.24 bits per heavy atom. The summed E-state index contributed by atoms with van der Waals surface area (Å²) in [4.78, 5) is 2.86. The Morgan fingerprint density at radius 2 is 2.00 bits per heavy atom. The predicted molar refractivity (Wildman–Crippen MR) is 82.4 cm³/mol. The smallest absolute Gasteiger partial charge is 0.175 e. The maximum Gasteiger partial charge on any atom is 0.175 e. The van der Waals surface area contributed by atoms with Gasteiger partial charge in [0.25, 0.3) is 0 Å². The van der Waals surface area contributed by atoms with Crippen LogP contribution in [0.3, 0.4) is 0 Å². The molecular formula is C16H23NO3S. The maximum absolute atomic E-state index is 11.5. The third-order valence-corrected chi connectivity index (χ3v) is 5.24. The number of sulfone groups is 1. The first kappa shape index (κ1) is 14.9. The number of ether oxygens (including phenoxy) is 1. The molecule has 5 heteroatoms. The monoisotopic (exact) mass is 309 g/mol. The normalized spacial score (nSPS) is 19.0. The molecule has 0 aromatic heterocycles. The molecule has 0 aliphatic heterocycles. The van der Waals surface area contributed by atoms with Gasteiger partial charge in [0, 0.05) is 25.4 Å². The third-order valence-electron chi connectivity index (χ3n) is 4.13. The van der Waals surface area contributed by atoms with E-state index in [0.717, 1.165) is 18.5 Å². The summed E-state index contributed by atoms with van der Waals surface area (Å²) in [6.45, 7) is 2.76. The molecule has 21 heavy (non-hydrogen) atoms. The minimum Gasteiger partial charge on any atom is -0.492 e. The molecule has 2 saturated carbocycles. The van der Waals surface area contributed by atoms with Gasteiger partial charge in [0.05, 0.1) is 4.90 Å². The molecule has 0 bridgehead atoms. The number of hydrogen-bond donors (Lipinski definition) is 0. The second kappa shape index (κ2) is 5.97. The van der Waals surface area contributed by atoms with Crippen molar-refractivity contribution in [2.45, 2.75) is 36.6 Å². The van der Waals surface area contributed by atoms with Gasteiger partial charge in [-0.2, -0.15) is 0 Å². The van der Waals surface area contributed by atoms with Gasteiger partial charge < -0.3 is 4.74 Å². The number of hydrogen-bond acceptors (Lipinski definition) is 4. The van der Waals surface area contributed by atoms with Crippen molar-refractivity contribution >= 4 is 9.84 Å². The summed E-state index contributed by atoms with van der Waals surface area (Å²) in [5.41, 5.74) is 0. The lowest BCUT2D eigenvalue weighted by molar-refractivity contribution is 0.195. The fourth-order valence-electron chi connectivity index (χ4n) is 2.57. The first-order valence-corrected chi connectivity index (χ1v) is 9.58. The van der Waals surface area contributed by atoms with Gasteiger partial charge in [-0.3, -0.25) is 4.90 Å². The maximum atomic E-state index is 11.5. The van der Waals surface area contributed by atoms with E-state index in [1.54, 1.807) is 18.2 Å². The highest BCUT2D eigenvalue weighted by molar-refractivity contribution is 7.90. The lowest BCUT2D eigenvalue weighted by Crippen LogP contribution is -2.32. The van der Waals surface area contributed by atoms with Crippen molar-refractivity contribution in [3.63, 3.8) is 0 Å². The van der Waals surface area contributed by atoms with Crippen molar-refractivity contribution in [1.29, 1.82) is 0 Å². The van der Waals surface area contributed by atoms with Crippen molar-refractivity contribution < 1.29 is 13.2 Å². The van der Waals surface area contributed by atoms with E-state index in [-0.39, 0.29) is 0 Å². The van der Waals surface area contributed by atoms with E-state index in [9.17, 15) is 8.42 Å². The second-order valence-corrected chi connectivity index (χ2v) is 8.28. The zero-order valence-electron chi connectivity index (χ0n) is 12.5.